The second-order valence-corrected chi connectivity index (χ2v) is 5.82. The third-order valence-corrected chi connectivity index (χ3v) is 4.41. The molecule has 0 saturated carbocycles. The van der Waals surface area contributed by atoms with Crippen LogP contribution in [0.2, 0.25) is 0 Å². The summed E-state index contributed by atoms with van der Waals surface area (Å²) < 4.78 is 0. The highest BCUT2D eigenvalue weighted by Gasteiger charge is 2.22. The van der Waals surface area contributed by atoms with Gasteiger partial charge in [-0.05, 0) is 81.2 Å². The monoisotopic (exact) mass is 264 g/mol. The van der Waals surface area contributed by atoms with E-state index in [4.69, 9.17) is 0 Å². The van der Waals surface area contributed by atoms with Gasteiger partial charge in [-0.25, -0.2) is 0 Å². The topological polar surface area (TPSA) is 40.5 Å². The normalized spacial score (nSPS) is 16.2. The number of benzene rings is 1. The lowest BCUT2D eigenvalue weighted by Gasteiger charge is -2.26. The van der Waals surface area contributed by atoms with E-state index in [2.05, 4.69) is 40.7 Å². The van der Waals surface area contributed by atoms with Crippen LogP contribution in [-0.2, 0) is 0 Å². The first-order chi connectivity index (χ1) is 8.79. The molecule has 1 rings (SSSR count). The van der Waals surface area contributed by atoms with Gasteiger partial charge in [-0.1, -0.05) is 13.0 Å². The predicted molar refractivity (Wildman–Crippen MR) is 80.7 cm³/mol. The highest BCUT2D eigenvalue weighted by molar-refractivity contribution is 5.46. The molecular formula is C17H28O2. The summed E-state index contributed by atoms with van der Waals surface area (Å²) in [6.45, 7) is 12.4. The highest BCUT2D eigenvalue weighted by Crippen LogP contribution is 2.33. The molecule has 0 amide bonds. The van der Waals surface area contributed by atoms with Crippen molar-refractivity contribution in [2.24, 2.45) is 0 Å². The van der Waals surface area contributed by atoms with Crippen LogP contribution in [0.15, 0.2) is 6.07 Å². The number of aliphatic hydroxyl groups is 2. The summed E-state index contributed by atoms with van der Waals surface area (Å²) in [7, 11) is 0. The van der Waals surface area contributed by atoms with Gasteiger partial charge in [0.05, 0.1) is 12.2 Å². The second kappa shape index (κ2) is 6.53. The molecule has 1 aromatic rings. The minimum atomic E-state index is -0.666. The van der Waals surface area contributed by atoms with Crippen molar-refractivity contribution >= 4 is 0 Å². The zero-order chi connectivity index (χ0) is 14.7. The van der Waals surface area contributed by atoms with Crippen molar-refractivity contribution < 1.29 is 10.2 Å². The van der Waals surface area contributed by atoms with Crippen LogP contribution in [0.1, 0.15) is 60.4 Å². The lowest BCUT2D eigenvalue weighted by molar-refractivity contribution is 0.0214. The Morgan fingerprint density at radius 1 is 1.00 bits per heavy atom. The van der Waals surface area contributed by atoms with E-state index >= 15 is 0 Å². The van der Waals surface area contributed by atoms with Crippen LogP contribution in [0.3, 0.4) is 0 Å². The standard InChI is InChI=1S/C17H28O2/c1-7-15(9-16(19)14(6)18)17-12(4)10(2)8-11(3)13(17)5/h8,14-16,18-19H,7,9H2,1-6H3. The first-order valence-electron chi connectivity index (χ1n) is 7.22. The average Bonchev–Trinajstić information content (AvgIpc) is 2.35. The molecule has 19 heavy (non-hydrogen) atoms. The number of aryl methyl sites for hydroxylation is 2. The largest absolute Gasteiger partial charge is 0.391 e. The maximum atomic E-state index is 9.96. The van der Waals surface area contributed by atoms with Gasteiger partial charge in [0.15, 0.2) is 0 Å². The van der Waals surface area contributed by atoms with Crippen molar-refractivity contribution in [3.63, 3.8) is 0 Å². The lowest BCUT2D eigenvalue weighted by Crippen LogP contribution is -2.25. The van der Waals surface area contributed by atoms with Gasteiger partial charge < -0.3 is 10.2 Å². The molecule has 2 nitrogen and oxygen atoms in total. The van der Waals surface area contributed by atoms with Crippen LogP contribution in [0.4, 0.5) is 0 Å². The maximum absolute atomic E-state index is 9.96. The summed E-state index contributed by atoms with van der Waals surface area (Å²) in [4.78, 5) is 0. The van der Waals surface area contributed by atoms with Crippen molar-refractivity contribution in [2.75, 3.05) is 0 Å². The molecule has 0 aliphatic heterocycles. The molecule has 0 aliphatic carbocycles. The Morgan fingerprint density at radius 3 is 1.84 bits per heavy atom. The summed E-state index contributed by atoms with van der Waals surface area (Å²) in [6.07, 6.45) is 0.290. The smallest absolute Gasteiger partial charge is 0.0802 e. The van der Waals surface area contributed by atoms with E-state index < -0.39 is 12.2 Å². The Bertz CT molecular complexity index is 409. The van der Waals surface area contributed by atoms with Gasteiger partial charge in [0.25, 0.3) is 0 Å². The molecule has 3 unspecified atom stereocenters. The molecule has 1 aromatic carbocycles. The van der Waals surface area contributed by atoms with Crippen LogP contribution in [0.5, 0.6) is 0 Å². The molecule has 0 fully saturated rings. The van der Waals surface area contributed by atoms with Gasteiger partial charge in [0, 0.05) is 0 Å². The van der Waals surface area contributed by atoms with Crippen molar-refractivity contribution in [2.45, 2.75) is 72.5 Å². The van der Waals surface area contributed by atoms with Crippen LogP contribution in [-0.4, -0.2) is 22.4 Å². The van der Waals surface area contributed by atoms with Crippen molar-refractivity contribution in [1.29, 1.82) is 0 Å². The number of hydrogen-bond acceptors (Lipinski definition) is 2. The van der Waals surface area contributed by atoms with Gasteiger partial charge in [0.1, 0.15) is 0 Å². The van der Waals surface area contributed by atoms with E-state index in [0.717, 1.165) is 6.42 Å². The Labute approximate surface area is 117 Å². The van der Waals surface area contributed by atoms with Crippen LogP contribution < -0.4 is 0 Å². The Balaban J connectivity index is 3.18. The first-order valence-corrected chi connectivity index (χ1v) is 7.22. The summed E-state index contributed by atoms with van der Waals surface area (Å²) >= 11 is 0. The van der Waals surface area contributed by atoms with Gasteiger partial charge >= 0.3 is 0 Å². The van der Waals surface area contributed by atoms with Crippen LogP contribution in [0.25, 0.3) is 0 Å². The zero-order valence-electron chi connectivity index (χ0n) is 13.1. The molecule has 0 bridgehead atoms. The second-order valence-electron chi connectivity index (χ2n) is 5.82. The molecule has 0 saturated heterocycles. The fourth-order valence-electron chi connectivity index (χ4n) is 2.84. The Kier molecular flexibility index (Phi) is 5.57. The molecule has 0 heterocycles. The number of rotatable bonds is 5. The molecular weight excluding hydrogens is 236 g/mol. The van der Waals surface area contributed by atoms with E-state index in [-0.39, 0.29) is 0 Å². The third kappa shape index (κ3) is 3.58. The van der Waals surface area contributed by atoms with E-state index in [9.17, 15) is 10.2 Å². The Morgan fingerprint density at radius 2 is 1.47 bits per heavy atom. The molecule has 2 N–H and O–H groups in total. The average molecular weight is 264 g/mol. The van der Waals surface area contributed by atoms with E-state index in [1.165, 1.54) is 27.8 Å². The van der Waals surface area contributed by atoms with Crippen molar-refractivity contribution in [1.82, 2.24) is 0 Å². The maximum Gasteiger partial charge on any atom is 0.0802 e. The fraction of sp³-hybridized carbons (Fsp3) is 0.647. The highest BCUT2D eigenvalue weighted by atomic mass is 16.3. The zero-order valence-corrected chi connectivity index (χ0v) is 13.1. The molecule has 2 heteroatoms. The van der Waals surface area contributed by atoms with Crippen molar-refractivity contribution in [3.8, 4) is 0 Å². The van der Waals surface area contributed by atoms with E-state index in [1.54, 1.807) is 6.92 Å². The fourth-order valence-corrected chi connectivity index (χ4v) is 2.84. The van der Waals surface area contributed by atoms with Crippen LogP contribution in [0, 0.1) is 27.7 Å². The van der Waals surface area contributed by atoms with E-state index in [0.29, 0.717) is 12.3 Å². The molecule has 0 spiro atoms. The quantitative estimate of drug-likeness (QED) is 0.854. The minimum Gasteiger partial charge on any atom is -0.391 e. The summed E-state index contributed by atoms with van der Waals surface area (Å²) in [5, 5.41) is 19.5. The van der Waals surface area contributed by atoms with Gasteiger partial charge in [0.2, 0.25) is 0 Å². The molecule has 3 atom stereocenters. The summed E-state index contributed by atoms with van der Waals surface area (Å²) in [5.74, 6) is 0.309. The lowest BCUT2D eigenvalue weighted by atomic mass is 9.81. The van der Waals surface area contributed by atoms with E-state index in [1.807, 2.05) is 0 Å². The minimum absolute atomic E-state index is 0.309. The van der Waals surface area contributed by atoms with Crippen molar-refractivity contribution in [3.05, 3.63) is 33.9 Å². The molecule has 0 radical (unpaired) electrons. The van der Waals surface area contributed by atoms with Gasteiger partial charge in [-0.2, -0.15) is 0 Å². The SMILES string of the molecule is CCC(CC(O)C(C)O)c1c(C)c(C)cc(C)c1C. The molecule has 108 valence electrons. The third-order valence-electron chi connectivity index (χ3n) is 4.41. The predicted octanol–water partition coefficient (Wildman–Crippen LogP) is 3.55. The summed E-state index contributed by atoms with van der Waals surface area (Å²) in [6, 6.07) is 2.23. The van der Waals surface area contributed by atoms with Gasteiger partial charge in [-0.3, -0.25) is 0 Å². The first kappa shape index (κ1) is 16.2. The Hall–Kier alpha value is -0.860. The number of aliphatic hydroxyl groups excluding tert-OH is 2. The summed E-state index contributed by atoms with van der Waals surface area (Å²) in [5.41, 5.74) is 6.63. The van der Waals surface area contributed by atoms with Crippen LogP contribution >= 0.6 is 0 Å². The molecule has 0 aliphatic rings. The molecule has 0 aromatic heterocycles. The number of hydrogen-bond donors (Lipinski definition) is 2. The van der Waals surface area contributed by atoms with Gasteiger partial charge in [-0.15, -0.1) is 0 Å².